The van der Waals surface area contributed by atoms with E-state index >= 15 is 0 Å². The van der Waals surface area contributed by atoms with E-state index in [2.05, 4.69) is 24.3 Å². The molecule has 0 N–H and O–H groups in total. The van der Waals surface area contributed by atoms with E-state index < -0.39 is 0 Å². The fourth-order valence-corrected chi connectivity index (χ4v) is 1.81. The van der Waals surface area contributed by atoms with E-state index in [4.69, 9.17) is 0 Å². The first-order chi connectivity index (χ1) is 6.45. The molecule has 0 unspecified atom stereocenters. The van der Waals surface area contributed by atoms with Crippen molar-refractivity contribution in [1.82, 2.24) is 0 Å². The van der Waals surface area contributed by atoms with Crippen molar-refractivity contribution in [3.63, 3.8) is 0 Å². The highest BCUT2D eigenvalue weighted by molar-refractivity contribution is 7.99. The van der Waals surface area contributed by atoms with Crippen molar-refractivity contribution in [2.45, 2.75) is 9.79 Å². The van der Waals surface area contributed by atoms with E-state index in [1.54, 1.807) is 11.8 Å². The molecule has 2 aromatic rings. The number of hydrogen-bond donors (Lipinski definition) is 0. The van der Waals surface area contributed by atoms with Crippen molar-refractivity contribution < 1.29 is 0 Å². The molecule has 0 bridgehead atoms. The van der Waals surface area contributed by atoms with Gasteiger partial charge in [-0.3, -0.25) is 0 Å². The van der Waals surface area contributed by atoms with Gasteiger partial charge in [-0.15, -0.1) is 0 Å². The highest BCUT2D eigenvalue weighted by Crippen LogP contribution is 2.25. The minimum atomic E-state index is 1.11. The second-order valence-corrected chi connectivity index (χ2v) is 3.68. The van der Waals surface area contributed by atoms with Crippen LogP contribution in [0.3, 0.4) is 0 Å². The summed E-state index contributed by atoms with van der Waals surface area (Å²) in [5, 5.41) is 0. The van der Waals surface area contributed by atoms with Crippen LogP contribution in [0, 0.1) is 12.1 Å². The molecule has 2 aromatic carbocycles. The van der Waals surface area contributed by atoms with Crippen LogP contribution in [0.25, 0.3) is 0 Å². The molecule has 0 aliphatic heterocycles. The Morgan fingerprint density at radius 1 is 1.00 bits per heavy atom. The van der Waals surface area contributed by atoms with E-state index in [0.717, 1.165) is 4.90 Å². The molecule has 2 rings (SSSR count). The van der Waals surface area contributed by atoms with E-state index in [1.165, 1.54) is 4.90 Å². The Hall–Kier alpha value is -1.21. The Kier molecular flexibility index (Phi) is 2.68. The summed E-state index contributed by atoms with van der Waals surface area (Å²) in [4.78, 5) is 2.34. The van der Waals surface area contributed by atoms with Crippen LogP contribution in [0.2, 0.25) is 0 Å². The summed E-state index contributed by atoms with van der Waals surface area (Å²) in [5.41, 5.74) is 0. The Morgan fingerprint density at radius 2 is 1.85 bits per heavy atom. The molecule has 13 heavy (non-hydrogen) atoms. The Balaban J connectivity index is 2.16. The van der Waals surface area contributed by atoms with Gasteiger partial charge in [0.05, 0.1) is 0 Å². The molecular weight excluding hydrogens is 176 g/mol. The molecule has 0 atom stereocenters. The van der Waals surface area contributed by atoms with Gasteiger partial charge in [-0.25, -0.2) is 0 Å². The molecule has 2 radical (unpaired) electrons. The molecule has 1 heteroatoms. The first-order valence-electron chi connectivity index (χ1n) is 4.06. The standard InChI is InChI=1S/C12H8S/c1-3-7-11(8-4-1)13-12-9-5-2-6-10-12/h1-5,7-8,10H. The second kappa shape index (κ2) is 4.15. The van der Waals surface area contributed by atoms with Gasteiger partial charge in [0, 0.05) is 9.79 Å². The molecule has 0 spiro atoms. The van der Waals surface area contributed by atoms with Crippen molar-refractivity contribution in [2.24, 2.45) is 0 Å². The number of rotatable bonds is 2. The maximum absolute atomic E-state index is 3.15. The molecule has 0 saturated heterocycles. The minimum Gasteiger partial charge on any atom is -0.0894 e. The molecule has 62 valence electrons. The molecule has 0 aliphatic rings. The fourth-order valence-electron chi connectivity index (χ4n) is 1.01. The van der Waals surface area contributed by atoms with Gasteiger partial charge in [-0.1, -0.05) is 42.1 Å². The van der Waals surface area contributed by atoms with Gasteiger partial charge in [-0.2, -0.15) is 0 Å². The summed E-state index contributed by atoms with van der Waals surface area (Å²) in [5.74, 6) is 0. The van der Waals surface area contributed by atoms with Crippen LogP contribution in [-0.2, 0) is 0 Å². The third-order valence-corrected chi connectivity index (χ3v) is 2.55. The third-order valence-electron chi connectivity index (χ3n) is 1.59. The highest BCUT2D eigenvalue weighted by Gasteiger charge is 1.93. The smallest absolute Gasteiger partial charge is 0.0207 e. The van der Waals surface area contributed by atoms with Crippen LogP contribution in [0.1, 0.15) is 0 Å². The van der Waals surface area contributed by atoms with Gasteiger partial charge in [0.25, 0.3) is 0 Å². The fraction of sp³-hybridized carbons (Fsp3) is 0. The van der Waals surface area contributed by atoms with Crippen LogP contribution in [-0.4, -0.2) is 0 Å². The minimum absolute atomic E-state index is 1.11. The van der Waals surface area contributed by atoms with Gasteiger partial charge in [0.1, 0.15) is 0 Å². The van der Waals surface area contributed by atoms with Gasteiger partial charge in [0.15, 0.2) is 0 Å². The normalized spacial score (nSPS) is 9.85. The Bertz CT molecular complexity index is 316. The maximum atomic E-state index is 3.15. The Morgan fingerprint density at radius 3 is 2.54 bits per heavy atom. The lowest BCUT2D eigenvalue weighted by Gasteiger charge is -1.98. The van der Waals surface area contributed by atoms with Crippen LogP contribution in [0.15, 0.2) is 58.3 Å². The average Bonchev–Trinajstić information content (AvgIpc) is 2.21. The molecule has 0 nitrogen and oxygen atoms in total. The molecule has 0 aliphatic carbocycles. The maximum Gasteiger partial charge on any atom is 0.0207 e. The zero-order chi connectivity index (χ0) is 8.93. The zero-order valence-electron chi connectivity index (χ0n) is 7.03. The lowest BCUT2D eigenvalue weighted by Crippen LogP contribution is -1.71. The number of hydrogen-bond acceptors (Lipinski definition) is 1. The second-order valence-electron chi connectivity index (χ2n) is 2.57. The summed E-state index contributed by atoms with van der Waals surface area (Å²) in [6.45, 7) is 0. The van der Waals surface area contributed by atoms with Crippen molar-refractivity contribution >= 4 is 11.8 Å². The van der Waals surface area contributed by atoms with E-state index in [9.17, 15) is 0 Å². The van der Waals surface area contributed by atoms with Crippen LogP contribution < -0.4 is 0 Å². The zero-order valence-corrected chi connectivity index (χ0v) is 7.84. The van der Waals surface area contributed by atoms with Crippen LogP contribution in [0.5, 0.6) is 0 Å². The SMILES string of the molecule is [c]1cc[c]c(Sc2ccccc2)c1. The Labute approximate surface area is 82.6 Å². The summed E-state index contributed by atoms with van der Waals surface area (Å²) < 4.78 is 0. The first-order valence-corrected chi connectivity index (χ1v) is 4.87. The summed E-state index contributed by atoms with van der Waals surface area (Å²) in [6.07, 6.45) is 0. The van der Waals surface area contributed by atoms with E-state index in [-0.39, 0.29) is 0 Å². The predicted octanol–water partition coefficient (Wildman–Crippen LogP) is 3.44. The third kappa shape index (κ3) is 2.36. The first kappa shape index (κ1) is 8.39. The molecule has 0 aromatic heterocycles. The van der Waals surface area contributed by atoms with Gasteiger partial charge >= 0.3 is 0 Å². The van der Waals surface area contributed by atoms with Crippen LogP contribution >= 0.6 is 11.8 Å². The van der Waals surface area contributed by atoms with E-state index in [1.807, 2.05) is 36.4 Å². The molecular formula is C12H8S. The van der Waals surface area contributed by atoms with Crippen molar-refractivity contribution in [3.05, 3.63) is 60.7 Å². The predicted molar refractivity (Wildman–Crippen MR) is 54.7 cm³/mol. The van der Waals surface area contributed by atoms with Crippen molar-refractivity contribution in [2.75, 3.05) is 0 Å². The van der Waals surface area contributed by atoms with Gasteiger partial charge in [0.2, 0.25) is 0 Å². The lowest BCUT2D eigenvalue weighted by molar-refractivity contribution is 1.39. The number of benzene rings is 2. The summed E-state index contributed by atoms with van der Waals surface area (Å²) >= 11 is 1.70. The molecule has 0 fully saturated rings. The largest absolute Gasteiger partial charge is 0.0894 e. The average molecular weight is 184 g/mol. The molecule has 0 amide bonds. The van der Waals surface area contributed by atoms with E-state index in [0.29, 0.717) is 0 Å². The topological polar surface area (TPSA) is 0 Å². The molecule has 0 saturated carbocycles. The lowest BCUT2D eigenvalue weighted by atomic mass is 10.4. The van der Waals surface area contributed by atoms with Gasteiger partial charge < -0.3 is 0 Å². The van der Waals surface area contributed by atoms with Crippen molar-refractivity contribution in [3.8, 4) is 0 Å². The quantitative estimate of drug-likeness (QED) is 0.689. The molecule has 0 heterocycles. The summed E-state index contributed by atoms with van der Waals surface area (Å²) in [6, 6.07) is 22.1. The monoisotopic (exact) mass is 184 g/mol. The van der Waals surface area contributed by atoms with Gasteiger partial charge in [-0.05, 0) is 30.3 Å². The summed E-state index contributed by atoms with van der Waals surface area (Å²) in [7, 11) is 0. The highest BCUT2D eigenvalue weighted by atomic mass is 32.2. The van der Waals surface area contributed by atoms with Crippen molar-refractivity contribution in [1.29, 1.82) is 0 Å². The van der Waals surface area contributed by atoms with Crippen LogP contribution in [0.4, 0.5) is 0 Å².